The van der Waals surface area contributed by atoms with Crippen molar-refractivity contribution in [3.63, 3.8) is 0 Å². The van der Waals surface area contributed by atoms with E-state index in [0.29, 0.717) is 18.8 Å². The van der Waals surface area contributed by atoms with Gasteiger partial charge in [-0.1, -0.05) is 18.5 Å². The summed E-state index contributed by atoms with van der Waals surface area (Å²) in [6.07, 6.45) is 0. The number of hydrogen-bond donors (Lipinski definition) is 1. The third-order valence-electron chi connectivity index (χ3n) is 2.78. The van der Waals surface area contributed by atoms with Crippen LogP contribution in [-0.4, -0.2) is 29.1 Å². The highest BCUT2D eigenvalue weighted by molar-refractivity contribution is 6.33. The predicted molar refractivity (Wildman–Crippen MR) is 72.8 cm³/mol. The minimum Gasteiger partial charge on any atom is -0.481 e. The van der Waals surface area contributed by atoms with Gasteiger partial charge < -0.3 is 10.0 Å². The molecule has 19 heavy (non-hydrogen) atoms. The van der Waals surface area contributed by atoms with Gasteiger partial charge in [0.05, 0.1) is 21.6 Å². The molecule has 1 aromatic rings. The molecule has 0 saturated heterocycles. The zero-order chi connectivity index (χ0) is 14.6. The number of benzene rings is 1. The van der Waals surface area contributed by atoms with E-state index in [1.807, 2.05) is 6.92 Å². The fraction of sp³-hybridized carbons (Fsp3) is 0.417. The number of aliphatic carboxylic acids is 1. The molecule has 0 bridgehead atoms. The summed E-state index contributed by atoms with van der Waals surface area (Å²) in [5.74, 6) is -1.44. The Balaban J connectivity index is 2.99. The number of carbonyl (C=O) groups is 1. The third kappa shape index (κ3) is 3.82. The van der Waals surface area contributed by atoms with Crippen LogP contribution in [0.3, 0.4) is 0 Å². The minimum absolute atomic E-state index is 0.0870. The van der Waals surface area contributed by atoms with Crippen molar-refractivity contribution in [2.24, 2.45) is 5.92 Å². The number of carboxylic acid groups (broad SMARTS) is 1. The van der Waals surface area contributed by atoms with Crippen molar-refractivity contribution in [3.05, 3.63) is 33.3 Å². The van der Waals surface area contributed by atoms with Crippen LogP contribution in [0.5, 0.6) is 0 Å². The second-order valence-corrected chi connectivity index (χ2v) is 4.58. The maximum absolute atomic E-state index is 10.9. The molecule has 0 aromatic heterocycles. The minimum atomic E-state index is -0.892. The lowest BCUT2D eigenvalue weighted by molar-refractivity contribution is -0.384. The molecular formula is C12H15ClN2O4. The second kappa shape index (κ2) is 6.38. The van der Waals surface area contributed by atoms with Crippen molar-refractivity contribution in [3.8, 4) is 0 Å². The van der Waals surface area contributed by atoms with Crippen LogP contribution in [0.15, 0.2) is 18.2 Å². The van der Waals surface area contributed by atoms with E-state index in [2.05, 4.69) is 0 Å². The highest BCUT2D eigenvalue weighted by atomic mass is 35.5. The van der Waals surface area contributed by atoms with E-state index < -0.39 is 16.8 Å². The first-order chi connectivity index (χ1) is 8.86. The lowest BCUT2D eigenvalue weighted by Crippen LogP contribution is -2.31. The molecule has 0 aliphatic rings. The maximum Gasteiger partial charge on any atom is 0.308 e. The van der Waals surface area contributed by atoms with Gasteiger partial charge in [0.1, 0.15) is 0 Å². The van der Waals surface area contributed by atoms with Crippen LogP contribution in [0.4, 0.5) is 11.4 Å². The Hall–Kier alpha value is -1.82. The van der Waals surface area contributed by atoms with Crippen LogP contribution in [0.1, 0.15) is 13.8 Å². The molecular weight excluding hydrogens is 272 g/mol. The van der Waals surface area contributed by atoms with E-state index in [0.717, 1.165) is 0 Å². The number of halogens is 1. The Kier molecular flexibility index (Phi) is 5.11. The normalized spacial score (nSPS) is 11.9. The summed E-state index contributed by atoms with van der Waals surface area (Å²) >= 11 is 6.02. The SMILES string of the molecule is CCN(CC(C)C(=O)O)c1ccc([N+](=O)[O-])cc1Cl. The standard InChI is InChI=1S/C12H15ClN2O4/c1-3-14(7-8(2)12(16)17)11-5-4-9(15(18)19)6-10(11)13/h4-6,8H,3,7H2,1-2H3,(H,16,17). The highest BCUT2D eigenvalue weighted by Gasteiger charge is 2.18. The Morgan fingerprint density at radius 3 is 2.63 bits per heavy atom. The average Bonchev–Trinajstić information content (AvgIpc) is 2.35. The van der Waals surface area contributed by atoms with Crippen LogP contribution in [-0.2, 0) is 4.79 Å². The lowest BCUT2D eigenvalue weighted by atomic mass is 10.1. The molecule has 0 amide bonds. The van der Waals surface area contributed by atoms with Crippen molar-refractivity contribution >= 4 is 28.9 Å². The zero-order valence-corrected chi connectivity index (χ0v) is 11.4. The van der Waals surface area contributed by atoms with Gasteiger partial charge in [0.25, 0.3) is 5.69 Å². The Bertz CT molecular complexity index is 493. The summed E-state index contributed by atoms with van der Waals surface area (Å²) in [4.78, 5) is 22.7. The smallest absolute Gasteiger partial charge is 0.308 e. The Labute approximate surface area is 115 Å². The molecule has 0 radical (unpaired) electrons. The van der Waals surface area contributed by atoms with Crippen LogP contribution >= 0.6 is 11.6 Å². The molecule has 1 rings (SSSR count). The molecule has 0 aliphatic heterocycles. The van der Waals surface area contributed by atoms with E-state index >= 15 is 0 Å². The summed E-state index contributed by atoms with van der Waals surface area (Å²) in [6, 6.07) is 4.17. The molecule has 1 aromatic carbocycles. The molecule has 0 saturated carbocycles. The number of hydrogen-bond acceptors (Lipinski definition) is 4. The molecule has 1 N–H and O–H groups in total. The van der Waals surface area contributed by atoms with Gasteiger partial charge in [0.15, 0.2) is 0 Å². The highest BCUT2D eigenvalue weighted by Crippen LogP contribution is 2.30. The molecule has 0 heterocycles. The predicted octanol–water partition coefficient (Wildman–Crippen LogP) is 2.80. The van der Waals surface area contributed by atoms with E-state index in [-0.39, 0.29) is 10.7 Å². The summed E-state index contributed by atoms with van der Waals surface area (Å²) in [5.41, 5.74) is 0.513. The molecule has 0 spiro atoms. The molecule has 1 atom stereocenters. The van der Waals surface area contributed by atoms with Gasteiger partial charge in [-0.3, -0.25) is 14.9 Å². The number of nitrogens with zero attached hydrogens (tertiary/aromatic N) is 2. The van der Waals surface area contributed by atoms with Gasteiger partial charge >= 0.3 is 5.97 Å². The number of anilines is 1. The van der Waals surface area contributed by atoms with E-state index in [4.69, 9.17) is 16.7 Å². The Morgan fingerprint density at radius 1 is 1.58 bits per heavy atom. The molecule has 0 fully saturated rings. The van der Waals surface area contributed by atoms with Gasteiger partial charge in [-0.25, -0.2) is 0 Å². The number of nitro groups is 1. The van der Waals surface area contributed by atoms with Crippen molar-refractivity contribution in [2.75, 3.05) is 18.0 Å². The Morgan fingerprint density at radius 2 is 2.21 bits per heavy atom. The number of rotatable bonds is 6. The van der Waals surface area contributed by atoms with Gasteiger partial charge in [-0.15, -0.1) is 0 Å². The number of nitro benzene ring substituents is 1. The first-order valence-electron chi connectivity index (χ1n) is 5.78. The molecule has 6 nitrogen and oxygen atoms in total. The molecule has 1 unspecified atom stereocenters. The van der Waals surface area contributed by atoms with Crippen LogP contribution < -0.4 is 4.90 Å². The van der Waals surface area contributed by atoms with Gasteiger partial charge in [-0.05, 0) is 13.0 Å². The van der Waals surface area contributed by atoms with Gasteiger partial charge in [-0.2, -0.15) is 0 Å². The lowest BCUT2D eigenvalue weighted by Gasteiger charge is -2.25. The van der Waals surface area contributed by atoms with E-state index in [1.165, 1.54) is 12.1 Å². The molecule has 0 aliphatic carbocycles. The van der Waals surface area contributed by atoms with Crippen LogP contribution in [0.25, 0.3) is 0 Å². The topological polar surface area (TPSA) is 83.7 Å². The zero-order valence-electron chi connectivity index (χ0n) is 10.7. The number of non-ortho nitro benzene ring substituents is 1. The average molecular weight is 287 g/mol. The summed E-state index contributed by atoms with van der Waals surface area (Å²) < 4.78 is 0. The second-order valence-electron chi connectivity index (χ2n) is 4.17. The van der Waals surface area contributed by atoms with E-state index in [9.17, 15) is 14.9 Å². The molecule has 7 heteroatoms. The molecule has 104 valence electrons. The first kappa shape index (κ1) is 15.2. The maximum atomic E-state index is 10.9. The number of carboxylic acids is 1. The van der Waals surface area contributed by atoms with E-state index in [1.54, 1.807) is 17.9 Å². The van der Waals surface area contributed by atoms with Crippen LogP contribution in [0.2, 0.25) is 5.02 Å². The van der Waals surface area contributed by atoms with Crippen molar-refractivity contribution in [1.29, 1.82) is 0 Å². The largest absolute Gasteiger partial charge is 0.481 e. The summed E-state index contributed by atoms with van der Waals surface area (Å²) in [5, 5.41) is 19.8. The van der Waals surface area contributed by atoms with Crippen molar-refractivity contribution in [2.45, 2.75) is 13.8 Å². The van der Waals surface area contributed by atoms with Crippen molar-refractivity contribution in [1.82, 2.24) is 0 Å². The summed E-state index contributed by atoms with van der Waals surface area (Å²) in [6.45, 7) is 4.33. The summed E-state index contributed by atoms with van der Waals surface area (Å²) in [7, 11) is 0. The van der Waals surface area contributed by atoms with Gasteiger partial charge in [0.2, 0.25) is 0 Å². The van der Waals surface area contributed by atoms with Crippen molar-refractivity contribution < 1.29 is 14.8 Å². The monoisotopic (exact) mass is 286 g/mol. The fourth-order valence-corrected chi connectivity index (χ4v) is 1.97. The quantitative estimate of drug-likeness (QED) is 0.642. The fourth-order valence-electron chi connectivity index (χ4n) is 1.67. The van der Waals surface area contributed by atoms with Gasteiger partial charge in [0, 0.05) is 25.2 Å². The van der Waals surface area contributed by atoms with Crippen LogP contribution in [0, 0.1) is 16.0 Å². The third-order valence-corrected chi connectivity index (χ3v) is 3.08. The first-order valence-corrected chi connectivity index (χ1v) is 6.16.